The Morgan fingerprint density at radius 2 is 2.04 bits per heavy atom. The van der Waals surface area contributed by atoms with Crippen molar-refractivity contribution in [3.05, 3.63) is 29.8 Å². The Morgan fingerprint density at radius 3 is 2.76 bits per heavy atom. The standard InChI is InChI=1S/C19H26F2N2O2/c1-24-12-19-11-23(9-14(19)10-25-13-19)15-4-6-22(7-5-15)16-2-3-17(20)18(21)8-16/h2-3,8,14-15H,4-7,9-13H2,1H3/t14-,19-/m0/s1. The lowest BCUT2D eigenvalue weighted by atomic mass is 9.82. The summed E-state index contributed by atoms with van der Waals surface area (Å²) in [6.07, 6.45) is 2.10. The summed E-state index contributed by atoms with van der Waals surface area (Å²) >= 11 is 0. The molecule has 4 rings (SSSR count). The first kappa shape index (κ1) is 17.2. The largest absolute Gasteiger partial charge is 0.384 e. The van der Waals surface area contributed by atoms with Crippen molar-refractivity contribution in [3.8, 4) is 0 Å². The van der Waals surface area contributed by atoms with E-state index >= 15 is 0 Å². The molecule has 3 fully saturated rings. The van der Waals surface area contributed by atoms with Crippen molar-refractivity contribution in [2.75, 3.05) is 58.0 Å². The van der Waals surface area contributed by atoms with Crippen LogP contribution in [-0.4, -0.2) is 64.1 Å². The fourth-order valence-corrected chi connectivity index (χ4v) is 4.81. The van der Waals surface area contributed by atoms with Crippen molar-refractivity contribution < 1.29 is 18.3 Å². The quantitative estimate of drug-likeness (QED) is 0.831. The van der Waals surface area contributed by atoms with Crippen molar-refractivity contribution in [3.63, 3.8) is 0 Å². The Hall–Kier alpha value is -1.24. The van der Waals surface area contributed by atoms with E-state index in [1.807, 2.05) is 0 Å². The SMILES string of the molecule is COC[C@@]12COC[C@@H]1CN(C1CCN(c3ccc(F)c(F)c3)CC1)C2. The summed E-state index contributed by atoms with van der Waals surface area (Å²) in [5.74, 6) is -0.988. The summed E-state index contributed by atoms with van der Waals surface area (Å²) in [4.78, 5) is 4.76. The highest BCUT2D eigenvalue weighted by atomic mass is 19.2. The van der Waals surface area contributed by atoms with Gasteiger partial charge in [0.2, 0.25) is 0 Å². The van der Waals surface area contributed by atoms with Gasteiger partial charge in [-0.25, -0.2) is 8.78 Å². The van der Waals surface area contributed by atoms with Crippen molar-refractivity contribution >= 4 is 5.69 Å². The van der Waals surface area contributed by atoms with Gasteiger partial charge in [0.15, 0.2) is 11.6 Å². The molecule has 0 unspecified atom stereocenters. The van der Waals surface area contributed by atoms with Gasteiger partial charge in [-0.15, -0.1) is 0 Å². The van der Waals surface area contributed by atoms with Crippen LogP contribution in [-0.2, 0) is 9.47 Å². The van der Waals surface area contributed by atoms with E-state index in [4.69, 9.17) is 9.47 Å². The first-order chi connectivity index (χ1) is 12.1. The molecule has 1 aromatic carbocycles. The van der Waals surface area contributed by atoms with Crippen LogP contribution in [0.2, 0.25) is 0 Å². The molecule has 0 aromatic heterocycles. The zero-order valence-corrected chi connectivity index (χ0v) is 14.7. The first-order valence-electron chi connectivity index (χ1n) is 9.12. The van der Waals surface area contributed by atoms with E-state index in [1.54, 1.807) is 13.2 Å². The number of likely N-dealkylation sites (tertiary alicyclic amines) is 1. The van der Waals surface area contributed by atoms with Crippen molar-refractivity contribution in [2.45, 2.75) is 18.9 Å². The van der Waals surface area contributed by atoms with Gasteiger partial charge in [0.1, 0.15) is 0 Å². The number of halogens is 2. The highest BCUT2D eigenvalue weighted by Gasteiger charge is 2.52. The van der Waals surface area contributed by atoms with E-state index in [9.17, 15) is 8.78 Å². The van der Waals surface area contributed by atoms with Gasteiger partial charge in [-0.05, 0) is 25.0 Å². The number of methoxy groups -OCH3 is 1. The normalized spacial score (nSPS) is 30.8. The van der Waals surface area contributed by atoms with Crippen LogP contribution in [0.4, 0.5) is 14.5 Å². The van der Waals surface area contributed by atoms with E-state index in [1.165, 1.54) is 12.1 Å². The number of hydrogen-bond acceptors (Lipinski definition) is 4. The fraction of sp³-hybridized carbons (Fsp3) is 0.684. The molecule has 3 aliphatic rings. The van der Waals surface area contributed by atoms with Crippen molar-refractivity contribution in [2.24, 2.45) is 11.3 Å². The lowest BCUT2D eigenvalue weighted by Gasteiger charge is -2.38. The number of anilines is 1. The van der Waals surface area contributed by atoms with Crippen LogP contribution >= 0.6 is 0 Å². The predicted molar refractivity (Wildman–Crippen MR) is 91.8 cm³/mol. The number of benzene rings is 1. The molecule has 0 radical (unpaired) electrons. The maximum Gasteiger partial charge on any atom is 0.160 e. The third-order valence-electron chi connectivity index (χ3n) is 6.23. The number of fused-ring (bicyclic) bond motifs is 1. The van der Waals surface area contributed by atoms with Gasteiger partial charge in [0.05, 0.1) is 19.8 Å². The molecule has 1 aromatic rings. The highest BCUT2D eigenvalue weighted by Crippen LogP contribution is 2.43. The molecule has 0 saturated carbocycles. The van der Waals surface area contributed by atoms with Crippen LogP contribution in [0, 0.1) is 23.0 Å². The number of piperidine rings is 1. The minimum atomic E-state index is -0.784. The molecule has 25 heavy (non-hydrogen) atoms. The van der Waals surface area contributed by atoms with Gasteiger partial charge in [0, 0.05) is 62.4 Å². The molecule has 3 saturated heterocycles. The van der Waals surface area contributed by atoms with Gasteiger partial charge < -0.3 is 14.4 Å². The van der Waals surface area contributed by atoms with Crippen LogP contribution in [0.1, 0.15) is 12.8 Å². The lowest BCUT2D eigenvalue weighted by Crippen LogP contribution is -2.45. The molecule has 0 bridgehead atoms. The molecule has 0 amide bonds. The van der Waals surface area contributed by atoms with Crippen LogP contribution in [0.3, 0.4) is 0 Å². The molecule has 4 nitrogen and oxygen atoms in total. The van der Waals surface area contributed by atoms with Gasteiger partial charge >= 0.3 is 0 Å². The summed E-state index contributed by atoms with van der Waals surface area (Å²) in [5, 5.41) is 0. The molecule has 3 heterocycles. The monoisotopic (exact) mass is 352 g/mol. The molecule has 6 heteroatoms. The smallest absolute Gasteiger partial charge is 0.160 e. The second-order valence-corrected chi connectivity index (χ2v) is 7.75. The van der Waals surface area contributed by atoms with E-state index in [2.05, 4.69) is 9.80 Å². The Balaban J connectivity index is 1.37. The van der Waals surface area contributed by atoms with Gasteiger partial charge in [-0.2, -0.15) is 0 Å². The van der Waals surface area contributed by atoms with Crippen LogP contribution in [0.25, 0.3) is 0 Å². The predicted octanol–water partition coefficient (Wildman–Crippen LogP) is 2.53. The number of nitrogens with zero attached hydrogens (tertiary/aromatic N) is 2. The number of ether oxygens (including phenoxy) is 2. The summed E-state index contributed by atoms with van der Waals surface area (Å²) in [7, 11) is 1.77. The average Bonchev–Trinajstić information content (AvgIpc) is 3.15. The lowest BCUT2D eigenvalue weighted by molar-refractivity contribution is 0.0469. The molecule has 2 atom stereocenters. The number of hydrogen-bond donors (Lipinski definition) is 0. The van der Waals surface area contributed by atoms with Crippen LogP contribution in [0.15, 0.2) is 18.2 Å². The third-order valence-corrected chi connectivity index (χ3v) is 6.23. The topological polar surface area (TPSA) is 24.9 Å². The highest BCUT2D eigenvalue weighted by molar-refractivity contribution is 5.47. The van der Waals surface area contributed by atoms with E-state index in [-0.39, 0.29) is 5.41 Å². The van der Waals surface area contributed by atoms with Crippen molar-refractivity contribution in [1.82, 2.24) is 4.90 Å². The second kappa shape index (κ2) is 6.82. The van der Waals surface area contributed by atoms with Gasteiger partial charge in [-0.3, -0.25) is 4.90 Å². The minimum Gasteiger partial charge on any atom is -0.384 e. The molecular weight excluding hydrogens is 326 g/mol. The van der Waals surface area contributed by atoms with E-state index in [0.29, 0.717) is 12.0 Å². The first-order valence-corrected chi connectivity index (χ1v) is 9.12. The average molecular weight is 352 g/mol. The summed E-state index contributed by atoms with van der Waals surface area (Å²) in [6.45, 7) is 6.29. The summed E-state index contributed by atoms with van der Waals surface area (Å²) in [6, 6.07) is 4.75. The van der Waals surface area contributed by atoms with Crippen LogP contribution in [0.5, 0.6) is 0 Å². The maximum atomic E-state index is 13.5. The molecule has 138 valence electrons. The molecule has 3 aliphatic heterocycles. The number of rotatable bonds is 4. The zero-order valence-electron chi connectivity index (χ0n) is 14.7. The zero-order chi connectivity index (χ0) is 17.4. The van der Waals surface area contributed by atoms with Crippen LogP contribution < -0.4 is 4.90 Å². The Morgan fingerprint density at radius 1 is 1.24 bits per heavy atom. The molecule has 0 aliphatic carbocycles. The van der Waals surface area contributed by atoms with E-state index in [0.717, 1.165) is 64.5 Å². The third kappa shape index (κ3) is 3.15. The Kier molecular flexibility index (Phi) is 4.69. The maximum absolute atomic E-state index is 13.5. The molecule has 0 N–H and O–H groups in total. The minimum absolute atomic E-state index is 0.159. The Labute approximate surface area is 147 Å². The van der Waals surface area contributed by atoms with Gasteiger partial charge in [-0.1, -0.05) is 0 Å². The second-order valence-electron chi connectivity index (χ2n) is 7.75. The molecular formula is C19H26F2N2O2. The van der Waals surface area contributed by atoms with Gasteiger partial charge in [0.25, 0.3) is 0 Å². The summed E-state index contributed by atoms with van der Waals surface area (Å²) < 4.78 is 37.8. The van der Waals surface area contributed by atoms with E-state index < -0.39 is 11.6 Å². The summed E-state index contributed by atoms with van der Waals surface area (Å²) in [5.41, 5.74) is 0.936. The molecule has 0 spiro atoms. The fourth-order valence-electron chi connectivity index (χ4n) is 4.81. The van der Waals surface area contributed by atoms with Crippen molar-refractivity contribution in [1.29, 1.82) is 0 Å². The Bertz CT molecular complexity index is 621.